The molecule has 2 aromatic rings. The maximum absolute atomic E-state index is 5.68. The lowest BCUT2D eigenvalue weighted by Gasteiger charge is -2.13. The van der Waals surface area contributed by atoms with E-state index in [1.165, 1.54) is 0 Å². The molecule has 0 heterocycles. The van der Waals surface area contributed by atoms with Crippen molar-refractivity contribution in [3.8, 4) is 11.5 Å². The first-order valence-electron chi connectivity index (χ1n) is 8.57. The molecule has 2 aromatic carbocycles. The molecule has 0 bridgehead atoms. The Hall–Kier alpha value is -1.96. The van der Waals surface area contributed by atoms with Gasteiger partial charge in [-0.25, -0.2) is 0 Å². The summed E-state index contributed by atoms with van der Waals surface area (Å²) in [5, 5.41) is 6.62. The molecular weight excluding hydrogens is 441 g/mol. The van der Waals surface area contributed by atoms with Crippen LogP contribution in [0.25, 0.3) is 0 Å². The van der Waals surface area contributed by atoms with Crippen LogP contribution in [0, 0.1) is 0 Å². The SMILES string of the molecule is CN=C(NCCCCOc1ccccc1)NCc1ccccc1OC.I. The molecule has 0 aliphatic heterocycles. The third kappa shape index (κ3) is 7.95. The molecule has 0 aromatic heterocycles. The fourth-order valence-electron chi connectivity index (χ4n) is 2.39. The Morgan fingerprint density at radius 3 is 2.42 bits per heavy atom. The van der Waals surface area contributed by atoms with E-state index in [2.05, 4.69) is 15.6 Å². The molecule has 2 rings (SSSR count). The maximum atomic E-state index is 5.68. The van der Waals surface area contributed by atoms with Gasteiger partial charge in [-0.2, -0.15) is 0 Å². The molecule has 0 unspecified atom stereocenters. The second-order valence-electron chi connectivity index (χ2n) is 5.53. The summed E-state index contributed by atoms with van der Waals surface area (Å²) in [4.78, 5) is 4.25. The third-order valence-corrected chi connectivity index (χ3v) is 3.74. The minimum absolute atomic E-state index is 0. The summed E-state index contributed by atoms with van der Waals surface area (Å²) in [6.45, 7) is 2.24. The summed E-state index contributed by atoms with van der Waals surface area (Å²) >= 11 is 0. The first-order valence-corrected chi connectivity index (χ1v) is 8.57. The zero-order valence-corrected chi connectivity index (χ0v) is 17.7. The number of nitrogens with one attached hydrogen (secondary N) is 2. The van der Waals surface area contributed by atoms with Gasteiger partial charge in [-0.15, -0.1) is 24.0 Å². The van der Waals surface area contributed by atoms with Crippen LogP contribution in [0.2, 0.25) is 0 Å². The molecule has 26 heavy (non-hydrogen) atoms. The number of halogens is 1. The number of nitrogens with zero attached hydrogens (tertiary/aromatic N) is 1. The van der Waals surface area contributed by atoms with Crippen molar-refractivity contribution < 1.29 is 9.47 Å². The summed E-state index contributed by atoms with van der Waals surface area (Å²) < 4.78 is 11.0. The fourth-order valence-corrected chi connectivity index (χ4v) is 2.39. The van der Waals surface area contributed by atoms with Crippen molar-refractivity contribution in [1.82, 2.24) is 10.6 Å². The lowest BCUT2D eigenvalue weighted by Crippen LogP contribution is -2.37. The van der Waals surface area contributed by atoms with Crippen molar-refractivity contribution >= 4 is 29.9 Å². The van der Waals surface area contributed by atoms with Gasteiger partial charge in [0.05, 0.1) is 13.7 Å². The van der Waals surface area contributed by atoms with Crippen LogP contribution in [0.3, 0.4) is 0 Å². The molecule has 0 fully saturated rings. The standard InChI is InChI=1S/C20H27N3O2.HI/c1-21-20(23-16-17-10-6-7-13-19(17)24-2)22-14-8-9-15-25-18-11-4-3-5-12-18;/h3-7,10-13H,8-9,14-16H2,1-2H3,(H2,21,22,23);1H. The molecule has 142 valence electrons. The zero-order chi connectivity index (χ0) is 17.7. The van der Waals surface area contributed by atoms with Crippen molar-refractivity contribution in [1.29, 1.82) is 0 Å². The molecule has 0 aliphatic rings. The summed E-state index contributed by atoms with van der Waals surface area (Å²) in [7, 11) is 3.46. The number of ether oxygens (including phenoxy) is 2. The Morgan fingerprint density at radius 1 is 0.962 bits per heavy atom. The first-order chi connectivity index (χ1) is 12.3. The third-order valence-electron chi connectivity index (χ3n) is 3.74. The second kappa shape index (κ2) is 13.3. The highest BCUT2D eigenvalue weighted by molar-refractivity contribution is 14.0. The highest BCUT2D eigenvalue weighted by Crippen LogP contribution is 2.16. The van der Waals surface area contributed by atoms with E-state index in [9.17, 15) is 0 Å². The van der Waals surface area contributed by atoms with Crippen LogP contribution in [0.1, 0.15) is 18.4 Å². The predicted octanol–water partition coefficient (Wildman–Crippen LogP) is 3.84. The van der Waals surface area contributed by atoms with Crippen molar-refractivity contribution in [2.24, 2.45) is 4.99 Å². The minimum atomic E-state index is 0. The summed E-state index contributed by atoms with van der Waals surface area (Å²) in [6, 6.07) is 17.9. The van der Waals surface area contributed by atoms with Crippen LogP contribution in [0.15, 0.2) is 59.6 Å². The average Bonchev–Trinajstić information content (AvgIpc) is 2.68. The highest BCUT2D eigenvalue weighted by Gasteiger charge is 2.03. The van der Waals surface area contributed by atoms with Crippen LogP contribution < -0.4 is 20.1 Å². The zero-order valence-electron chi connectivity index (χ0n) is 15.4. The molecule has 6 heteroatoms. The molecule has 0 atom stereocenters. The van der Waals surface area contributed by atoms with Gasteiger partial charge in [-0.05, 0) is 31.0 Å². The quantitative estimate of drug-likeness (QED) is 0.254. The van der Waals surface area contributed by atoms with Crippen LogP contribution in [0.4, 0.5) is 0 Å². The summed E-state index contributed by atoms with van der Waals surface area (Å²) in [6.07, 6.45) is 2.01. The number of guanidine groups is 1. The Kier molecular flexibility index (Phi) is 11.3. The summed E-state index contributed by atoms with van der Waals surface area (Å²) in [5.41, 5.74) is 1.10. The Morgan fingerprint density at radius 2 is 1.69 bits per heavy atom. The van der Waals surface area contributed by atoms with Gasteiger partial charge in [0.1, 0.15) is 11.5 Å². The summed E-state index contributed by atoms with van der Waals surface area (Å²) in [5.74, 6) is 2.59. The maximum Gasteiger partial charge on any atom is 0.191 e. The van der Waals surface area contributed by atoms with Crippen LogP contribution in [-0.4, -0.2) is 33.3 Å². The number of hydrogen-bond acceptors (Lipinski definition) is 3. The van der Waals surface area contributed by atoms with E-state index in [-0.39, 0.29) is 24.0 Å². The molecule has 0 spiro atoms. The molecule has 0 saturated carbocycles. The highest BCUT2D eigenvalue weighted by atomic mass is 127. The second-order valence-corrected chi connectivity index (χ2v) is 5.53. The number of aliphatic imine (C=N–C) groups is 1. The largest absolute Gasteiger partial charge is 0.496 e. The van der Waals surface area contributed by atoms with Crippen molar-refractivity contribution in [3.63, 3.8) is 0 Å². The van der Waals surface area contributed by atoms with Gasteiger partial charge < -0.3 is 20.1 Å². The van der Waals surface area contributed by atoms with E-state index in [4.69, 9.17) is 9.47 Å². The van der Waals surface area contributed by atoms with Crippen LogP contribution >= 0.6 is 24.0 Å². The van der Waals surface area contributed by atoms with Crippen molar-refractivity contribution in [3.05, 3.63) is 60.2 Å². The van der Waals surface area contributed by atoms with E-state index in [1.54, 1.807) is 14.2 Å². The van der Waals surface area contributed by atoms with E-state index in [1.807, 2.05) is 54.6 Å². The monoisotopic (exact) mass is 469 g/mol. The Balaban J connectivity index is 0.00000338. The normalized spacial score (nSPS) is 10.6. The molecule has 0 radical (unpaired) electrons. The van der Waals surface area contributed by atoms with Gasteiger partial charge >= 0.3 is 0 Å². The lowest BCUT2D eigenvalue weighted by atomic mass is 10.2. The molecule has 0 saturated heterocycles. The average molecular weight is 469 g/mol. The number of methoxy groups -OCH3 is 1. The molecule has 2 N–H and O–H groups in total. The van der Waals surface area contributed by atoms with E-state index in [0.717, 1.165) is 49.0 Å². The van der Waals surface area contributed by atoms with Gasteiger partial charge in [-0.1, -0.05) is 36.4 Å². The number of unbranched alkanes of at least 4 members (excludes halogenated alkanes) is 1. The lowest BCUT2D eigenvalue weighted by molar-refractivity contribution is 0.307. The number of rotatable bonds is 9. The minimum Gasteiger partial charge on any atom is -0.496 e. The van der Waals surface area contributed by atoms with Gasteiger partial charge in [0.25, 0.3) is 0 Å². The Labute approximate surface area is 173 Å². The van der Waals surface area contributed by atoms with Gasteiger partial charge in [0.15, 0.2) is 5.96 Å². The van der Waals surface area contributed by atoms with Gasteiger partial charge in [0.2, 0.25) is 0 Å². The molecule has 5 nitrogen and oxygen atoms in total. The van der Waals surface area contributed by atoms with Gasteiger partial charge in [-0.3, -0.25) is 4.99 Å². The molecule has 0 aliphatic carbocycles. The van der Waals surface area contributed by atoms with E-state index >= 15 is 0 Å². The van der Waals surface area contributed by atoms with Gasteiger partial charge in [0, 0.05) is 25.7 Å². The van der Waals surface area contributed by atoms with Crippen LogP contribution in [0.5, 0.6) is 11.5 Å². The number of para-hydroxylation sites is 2. The smallest absolute Gasteiger partial charge is 0.191 e. The number of benzene rings is 2. The topological polar surface area (TPSA) is 54.9 Å². The van der Waals surface area contributed by atoms with Crippen molar-refractivity contribution in [2.45, 2.75) is 19.4 Å². The molecule has 0 amide bonds. The van der Waals surface area contributed by atoms with E-state index < -0.39 is 0 Å². The first kappa shape index (κ1) is 22.1. The Bertz CT molecular complexity index is 651. The fraction of sp³-hybridized carbons (Fsp3) is 0.350. The predicted molar refractivity (Wildman–Crippen MR) is 118 cm³/mol. The number of hydrogen-bond donors (Lipinski definition) is 2. The van der Waals surface area contributed by atoms with Crippen LogP contribution in [-0.2, 0) is 6.54 Å². The van der Waals surface area contributed by atoms with Crippen molar-refractivity contribution in [2.75, 3.05) is 27.3 Å². The van der Waals surface area contributed by atoms with E-state index in [0.29, 0.717) is 6.54 Å². The molecular formula is C20H28IN3O2.